The number of Topliss-reactive ketones (excluding diaryl/α,β-unsaturated/α-hetero) is 1. The Morgan fingerprint density at radius 3 is 2.43 bits per heavy atom. The van der Waals surface area contributed by atoms with E-state index in [0.29, 0.717) is 29.2 Å². The van der Waals surface area contributed by atoms with Gasteiger partial charge in [-0.3, -0.25) is 19.4 Å². The van der Waals surface area contributed by atoms with Crippen molar-refractivity contribution in [3.63, 3.8) is 0 Å². The van der Waals surface area contributed by atoms with Crippen LogP contribution in [0.3, 0.4) is 0 Å². The molecule has 1 saturated heterocycles. The van der Waals surface area contributed by atoms with Gasteiger partial charge in [-0.1, -0.05) is 43.2 Å². The normalized spacial score (nSPS) is 21.9. The summed E-state index contributed by atoms with van der Waals surface area (Å²) in [5.74, 6) is -0.322. The maximum Gasteiger partial charge on any atom is 0.265 e. The Balaban J connectivity index is 1.62. The lowest BCUT2D eigenvalue weighted by Crippen LogP contribution is -2.46. The van der Waals surface area contributed by atoms with Crippen LogP contribution in [0.5, 0.6) is 5.75 Å². The molecule has 158 valence electrons. The highest BCUT2D eigenvalue weighted by atomic mass is 16.5. The van der Waals surface area contributed by atoms with Crippen LogP contribution in [-0.2, 0) is 10.4 Å². The van der Waals surface area contributed by atoms with Crippen molar-refractivity contribution in [1.82, 2.24) is 4.90 Å². The van der Waals surface area contributed by atoms with E-state index in [1.54, 1.807) is 41.3 Å². The summed E-state index contributed by atoms with van der Waals surface area (Å²) in [6, 6.07) is 14.1. The Hall–Kier alpha value is -2.70. The fourth-order valence-corrected chi connectivity index (χ4v) is 4.50. The molecule has 30 heavy (non-hydrogen) atoms. The number of hydrogen-bond donors (Lipinski definition) is 1. The molecule has 0 spiro atoms. The number of anilines is 1. The van der Waals surface area contributed by atoms with Crippen molar-refractivity contribution in [1.29, 1.82) is 0 Å². The fraction of sp³-hybridized carbons (Fsp3) is 0.417. The van der Waals surface area contributed by atoms with E-state index in [9.17, 15) is 14.7 Å². The van der Waals surface area contributed by atoms with Crippen LogP contribution in [0.4, 0.5) is 5.69 Å². The van der Waals surface area contributed by atoms with E-state index in [2.05, 4.69) is 4.90 Å². The van der Waals surface area contributed by atoms with E-state index < -0.39 is 11.5 Å². The largest absolute Gasteiger partial charge is 0.496 e. The molecule has 0 saturated carbocycles. The molecule has 6 heteroatoms. The number of rotatable bonds is 6. The van der Waals surface area contributed by atoms with Gasteiger partial charge in [-0.05, 0) is 44.1 Å². The van der Waals surface area contributed by atoms with Crippen LogP contribution in [0.1, 0.15) is 48.0 Å². The number of ether oxygens (including phenoxy) is 1. The Kier molecular flexibility index (Phi) is 5.88. The molecule has 1 N–H and O–H groups in total. The van der Waals surface area contributed by atoms with E-state index in [4.69, 9.17) is 4.74 Å². The van der Waals surface area contributed by atoms with E-state index in [1.165, 1.54) is 20.0 Å². The van der Waals surface area contributed by atoms with E-state index >= 15 is 0 Å². The highest BCUT2D eigenvalue weighted by Gasteiger charge is 2.51. The molecule has 1 fully saturated rings. The number of likely N-dealkylation sites (tertiary alicyclic amines) is 1. The van der Waals surface area contributed by atoms with Crippen molar-refractivity contribution in [2.45, 2.75) is 37.7 Å². The number of benzene rings is 2. The highest BCUT2D eigenvalue weighted by Crippen LogP contribution is 2.43. The minimum atomic E-state index is -1.87. The number of methoxy groups -OCH3 is 1. The van der Waals surface area contributed by atoms with E-state index in [1.807, 2.05) is 12.1 Å². The number of hydrogen-bond acceptors (Lipinski definition) is 5. The minimum Gasteiger partial charge on any atom is -0.496 e. The molecule has 2 aromatic rings. The van der Waals surface area contributed by atoms with Crippen LogP contribution in [0, 0.1) is 0 Å². The smallest absolute Gasteiger partial charge is 0.265 e. The number of ketones is 1. The maximum atomic E-state index is 13.4. The van der Waals surface area contributed by atoms with Gasteiger partial charge in [-0.2, -0.15) is 0 Å². The first-order valence-corrected chi connectivity index (χ1v) is 10.6. The lowest BCUT2D eigenvalue weighted by Gasteiger charge is -2.28. The zero-order valence-corrected chi connectivity index (χ0v) is 17.3. The number of fused-ring (bicyclic) bond motifs is 1. The van der Waals surface area contributed by atoms with Crippen molar-refractivity contribution in [2.75, 3.05) is 31.8 Å². The van der Waals surface area contributed by atoms with Gasteiger partial charge in [0.15, 0.2) is 11.4 Å². The minimum absolute atomic E-state index is 0.320. The summed E-state index contributed by atoms with van der Waals surface area (Å²) >= 11 is 0. The summed E-state index contributed by atoms with van der Waals surface area (Å²) in [6.07, 6.45) is 4.32. The third-order valence-electron chi connectivity index (χ3n) is 6.10. The van der Waals surface area contributed by atoms with Crippen LogP contribution in [0.25, 0.3) is 0 Å². The monoisotopic (exact) mass is 408 g/mol. The molecule has 0 radical (unpaired) electrons. The predicted octanol–water partition coefficient (Wildman–Crippen LogP) is 3.34. The highest BCUT2D eigenvalue weighted by molar-refractivity contribution is 6.11. The van der Waals surface area contributed by atoms with Crippen molar-refractivity contribution < 1.29 is 19.4 Å². The molecule has 0 aliphatic carbocycles. The lowest BCUT2D eigenvalue weighted by atomic mass is 9.88. The van der Waals surface area contributed by atoms with Crippen LogP contribution in [0.15, 0.2) is 48.5 Å². The summed E-state index contributed by atoms with van der Waals surface area (Å²) in [7, 11) is 1.50. The molecule has 0 aromatic heterocycles. The molecule has 2 aliphatic rings. The summed E-state index contributed by atoms with van der Waals surface area (Å²) in [6.45, 7) is 2.30. The standard InChI is InChI=1S/C24H28N2O4/c1-30-22-13-7-4-10-18(22)21(27)16-24(29)19-11-5-6-12-20(19)26(23(24)28)17-25-14-8-2-3-9-15-25/h4-7,10-13,29H,2-3,8-9,14-17H2,1H3/t24-/m1/s1. The first-order chi connectivity index (χ1) is 14.5. The van der Waals surface area contributed by atoms with Gasteiger partial charge in [0.2, 0.25) is 0 Å². The average molecular weight is 408 g/mol. The van der Waals surface area contributed by atoms with Crippen molar-refractivity contribution in [3.8, 4) is 5.75 Å². The Labute approximate surface area is 177 Å². The molecular formula is C24H28N2O4. The SMILES string of the molecule is COc1ccccc1C(=O)C[C@]1(O)C(=O)N(CN2CCCCCC2)c2ccccc21. The molecule has 1 amide bonds. The third kappa shape index (κ3) is 3.73. The number of nitrogens with zero attached hydrogens (tertiary/aromatic N) is 2. The Morgan fingerprint density at radius 1 is 1.03 bits per heavy atom. The zero-order chi connectivity index (χ0) is 21.1. The van der Waals surface area contributed by atoms with Crippen LogP contribution < -0.4 is 9.64 Å². The fourth-order valence-electron chi connectivity index (χ4n) is 4.50. The molecule has 4 rings (SSSR count). The van der Waals surface area contributed by atoms with Gasteiger partial charge in [0.1, 0.15) is 5.75 Å². The van der Waals surface area contributed by atoms with Gasteiger partial charge in [-0.15, -0.1) is 0 Å². The summed E-state index contributed by atoms with van der Waals surface area (Å²) in [5.41, 5.74) is -0.333. The molecule has 2 aromatic carbocycles. The van der Waals surface area contributed by atoms with Gasteiger partial charge >= 0.3 is 0 Å². The van der Waals surface area contributed by atoms with Crippen molar-refractivity contribution in [3.05, 3.63) is 59.7 Å². The molecule has 0 bridgehead atoms. The second kappa shape index (κ2) is 8.58. The first-order valence-electron chi connectivity index (χ1n) is 10.6. The van der Waals surface area contributed by atoms with E-state index in [0.717, 1.165) is 25.9 Å². The van der Waals surface area contributed by atoms with Crippen LogP contribution in [0.2, 0.25) is 0 Å². The second-order valence-corrected chi connectivity index (χ2v) is 8.08. The molecule has 1 atom stereocenters. The van der Waals surface area contributed by atoms with Gasteiger partial charge in [0.05, 0.1) is 31.5 Å². The lowest BCUT2D eigenvalue weighted by molar-refractivity contribution is -0.136. The second-order valence-electron chi connectivity index (χ2n) is 8.08. The van der Waals surface area contributed by atoms with Gasteiger partial charge in [0.25, 0.3) is 5.91 Å². The number of para-hydroxylation sites is 2. The van der Waals surface area contributed by atoms with Crippen molar-refractivity contribution in [2.24, 2.45) is 0 Å². The number of carbonyl (C=O) groups excluding carboxylic acids is 2. The summed E-state index contributed by atoms with van der Waals surface area (Å²) in [5, 5.41) is 11.5. The number of carbonyl (C=O) groups is 2. The maximum absolute atomic E-state index is 13.4. The first kappa shape index (κ1) is 20.6. The number of amides is 1. The quantitative estimate of drug-likeness (QED) is 0.743. The third-order valence-corrected chi connectivity index (χ3v) is 6.10. The topological polar surface area (TPSA) is 70.1 Å². The molecule has 2 aliphatic heterocycles. The average Bonchev–Trinajstić information content (AvgIpc) is 2.95. The van der Waals surface area contributed by atoms with Crippen molar-refractivity contribution >= 4 is 17.4 Å². The summed E-state index contributed by atoms with van der Waals surface area (Å²) in [4.78, 5) is 30.4. The Morgan fingerprint density at radius 2 is 1.70 bits per heavy atom. The number of aliphatic hydroxyl groups is 1. The molecule has 2 heterocycles. The Bertz CT molecular complexity index is 936. The van der Waals surface area contributed by atoms with Gasteiger partial charge in [-0.25, -0.2) is 0 Å². The van der Waals surface area contributed by atoms with E-state index in [-0.39, 0.29) is 12.2 Å². The van der Waals surface area contributed by atoms with Crippen LogP contribution >= 0.6 is 0 Å². The van der Waals surface area contributed by atoms with Crippen LogP contribution in [-0.4, -0.2) is 48.6 Å². The van der Waals surface area contributed by atoms with Gasteiger partial charge in [0, 0.05) is 5.56 Å². The molecular weight excluding hydrogens is 380 g/mol. The molecule has 0 unspecified atom stereocenters. The van der Waals surface area contributed by atoms with Gasteiger partial charge < -0.3 is 9.84 Å². The predicted molar refractivity (Wildman–Crippen MR) is 115 cm³/mol. The summed E-state index contributed by atoms with van der Waals surface area (Å²) < 4.78 is 5.29. The molecule has 6 nitrogen and oxygen atoms in total. The zero-order valence-electron chi connectivity index (χ0n) is 17.3.